The number of rotatable bonds is 0. The van der Waals surface area contributed by atoms with Crippen molar-refractivity contribution >= 4 is 11.6 Å². The smallest absolute Gasteiger partial charge is 0.182 e. The van der Waals surface area contributed by atoms with Crippen molar-refractivity contribution < 1.29 is 12.3 Å². The highest BCUT2D eigenvalue weighted by atomic mass is 16.1. The van der Waals surface area contributed by atoms with E-state index in [2.05, 4.69) is 0 Å². The van der Waals surface area contributed by atoms with Crippen molar-refractivity contribution in [2.24, 2.45) is 0 Å². The van der Waals surface area contributed by atoms with E-state index in [1.807, 2.05) is 0 Å². The van der Waals surface area contributed by atoms with E-state index in [0.29, 0.717) is 0 Å². The molecule has 0 saturated carbocycles. The van der Waals surface area contributed by atoms with Gasteiger partial charge in [0.25, 0.3) is 0 Å². The Labute approximate surface area is 62.0 Å². The standard InChI is InChI=1S/C8H8O2/c1-5-3-8(10)6(2)4-7(5)9/h3-4H,1-2H3/i1D,2D. The van der Waals surface area contributed by atoms with Gasteiger partial charge >= 0.3 is 0 Å². The van der Waals surface area contributed by atoms with Crippen molar-refractivity contribution in [2.75, 3.05) is 0 Å². The van der Waals surface area contributed by atoms with Gasteiger partial charge in [-0.25, -0.2) is 0 Å². The van der Waals surface area contributed by atoms with E-state index < -0.39 is 0 Å². The average Bonchev–Trinajstić information content (AvgIpc) is 2.08. The predicted octanol–water partition coefficient (Wildman–Crippen LogP) is 1.03. The van der Waals surface area contributed by atoms with Crippen LogP contribution in [0.15, 0.2) is 23.3 Å². The molecule has 0 atom stereocenters. The Morgan fingerprint density at radius 1 is 1.10 bits per heavy atom. The van der Waals surface area contributed by atoms with Crippen LogP contribution in [0.25, 0.3) is 0 Å². The van der Waals surface area contributed by atoms with Crippen LogP contribution in [0, 0.1) is 0 Å². The van der Waals surface area contributed by atoms with Gasteiger partial charge < -0.3 is 0 Å². The van der Waals surface area contributed by atoms with Crippen LogP contribution < -0.4 is 0 Å². The molecule has 0 unspecified atom stereocenters. The van der Waals surface area contributed by atoms with Gasteiger partial charge in [-0.05, 0) is 26.0 Å². The van der Waals surface area contributed by atoms with Crippen LogP contribution in [-0.4, -0.2) is 11.6 Å². The first-order valence-electron chi connectivity index (χ1n) is 4.18. The zero-order valence-corrected chi connectivity index (χ0v) is 5.39. The second-order valence-electron chi connectivity index (χ2n) is 2.07. The van der Waals surface area contributed by atoms with Crippen molar-refractivity contribution in [3.8, 4) is 0 Å². The largest absolute Gasteiger partial charge is 0.290 e. The molecule has 0 radical (unpaired) electrons. The molecule has 1 aliphatic rings. The zero-order chi connectivity index (χ0) is 9.14. The molecule has 1 rings (SSSR count). The summed E-state index contributed by atoms with van der Waals surface area (Å²) in [4.78, 5) is 22.1. The summed E-state index contributed by atoms with van der Waals surface area (Å²) in [5.74, 6) is -0.626. The minimum absolute atomic E-state index is 0.174. The van der Waals surface area contributed by atoms with Crippen molar-refractivity contribution in [3.05, 3.63) is 23.3 Å². The summed E-state index contributed by atoms with van der Waals surface area (Å²) < 4.78 is 13.8. The number of allylic oxidation sites excluding steroid dienone is 4. The lowest BCUT2D eigenvalue weighted by Crippen LogP contribution is -2.08. The molecule has 52 valence electrons. The SMILES string of the molecule is [2H]CC1=CC(=O)C(C[2H])=CC1=O. The number of carbonyl (C=O) groups excluding carboxylic acids is 2. The number of carbonyl (C=O) groups is 2. The molecule has 0 aliphatic heterocycles. The summed E-state index contributed by atoms with van der Waals surface area (Å²) >= 11 is 0. The molecule has 2 heteroatoms. The summed E-state index contributed by atoms with van der Waals surface area (Å²) in [5.41, 5.74) is 0.411. The van der Waals surface area contributed by atoms with Crippen LogP contribution >= 0.6 is 0 Å². The second-order valence-corrected chi connectivity index (χ2v) is 2.07. The lowest BCUT2D eigenvalue weighted by Gasteiger charge is -2.03. The molecule has 0 saturated heterocycles. The van der Waals surface area contributed by atoms with Gasteiger partial charge in [-0.3, -0.25) is 9.59 Å². The van der Waals surface area contributed by atoms with Crippen LogP contribution in [0.5, 0.6) is 0 Å². The maximum atomic E-state index is 11.0. The van der Waals surface area contributed by atoms with E-state index in [1.165, 1.54) is 0 Å². The van der Waals surface area contributed by atoms with Crippen LogP contribution in [0.2, 0.25) is 0 Å². The fraction of sp³-hybridized carbons (Fsp3) is 0.250. The minimum atomic E-state index is -0.313. The topological polar surface area (TPSA) is 34.1 Å². The molecule has 0 fully saturated rings. The first-order chi connectivity index (χ1) is 5.69. The first kappa shape index (κ1) is 4.61. The van der Waals surface area contributed by atoms with E-state index in [4.69, 9.17) is 2.74 Å². The van der Waals surface area contributed by atoms with Crippen LogP contribution in [-0.2, 0) is 9.59 Å². The molecule has 0 aromatic carbocycles. The molecule has 0 amide bonds. The monoisotopic (exact) mass is 138 g/mol. The summed E-state index contributed by atoms with van der Waals surface area (Å²) in [5, 5.41) is 0. The third-order valence-corrected chi connectivity index (χ3v) is 1.24. The van der Waals surface area contributed by atoms with E-state index in [-0.39, 0.29) is 36.5 Å². The molecule has 0 bridgehead atoms. The molecule has 2 nitrogen and oxygen atoms in total. The first-order valence-corrected chi connectivity index (χ1v) is 2.77. The third kappa shape index (κ3) is 1.05. The van der Waals surface area contributed by atoms with Crippen LogP contribution in [0.3, 0.4) is 0 Å². The molecule has 0 spiro atoms. The predicted molar refractivity (Wildman–Crippen MR) is 37.5 cm³/mol. The van der Waals surface area contributed by atoms with Crippen molar-refractivity contribution in [2.45, 2.75) is 13.8 Å². The number of ketones is 2. The molecule has 0 N–H and O–H groups in total. The molecular formula is C8H8O2. The van der Waals surface area contributed by atoms with Gasteiger partial charge in [-0.1, -0.05) is 0 Å². The molecule has 0 heterocycles. The Bertz CT molecular complexity index is 259. The quantitative estimate of drug-likeness (QED) is 0.468. The van der Waals surface area contributed by atoms with Crippen molar-refractivity contribution in [1.82, 2.24) is 0 Å². The van der Waals surface area contributed by atoms with Crippen molar-refractivity contribution in [3.63, 3.8) is 0 Å². The highest BCUT2D eigenvalue weighted by Crippen LogP contribution is 2.09. The van der Waals surface area contributed by atoms with E-state index in [0.717, 1.165) is 12.2 Å². The van der Waals surface area contributed by atoms with Gasteiger partial charge in [0.05, 0.1) is 0 Å². The maximum absolute atomic E-state index is 11.0. The van der Waals surface area contributed by atoms with E-state index >= 15 is 0 Å². The molecule has 0 aromatic rings. The Kier molecular flexibility index (Phi) is 1.02. The van der Waals surface area contributed by atoms with Gasteiger partial charge in [0.2, 0.25) is 0 Å². The Morgan fingerprint density at radius 3 is 1.80 bits per heavy atom. The Morgan fingerprint density at radius 2 is 1.50 bits per heavy atom. The highest BCUT2D eigenvalue weighted by Gasteiger charge is 2.12. The number of hydrogen-bond donors (Lipinski definition) is 0. The normalized spacial score (nSPS) is 21.2. The van der Waals surface area contributed by atoms with Gasteiger partial charge in [0, 0.05) is 13.9 Å². The summed E-state index contributed by atoms with van der Waals surface area (Å²) in [6.07, 6.45) is 2.30. The van der Waals surface area contributed by atoms with Gasteiger partial charge in [-0.15, -0.1) is 0 Å². The summed E-state index contributed by atoms with van der Waals surface area (Å²) in [6.45, 7) is -0.349. The zero-order valence-electron chi connectivity index (χ0n) is 7.39. The fourth-order valence-corrected chi connectivity index (χ4v) is 0.644. The lowest BCUT2D eigenvalue weighted by molar-refractivity contribution is -0.115. The lowest BCUT2D eigenvalue weighted by atomic mass is 10.00. The third-order valence-electron chi connectivity index (χ3n) is 1.24. The molecule has 0 aromatic heterocycles. The molecule has 1 aliphatic carbocycles. The number of hydrogen-bond acceptors (Lipinski definition) is 2. The summed E-state index contributed by atoms with van der Waals surface area (Å²) in [6, 6.07) is 0. The second kappa shape index (κ2) is 2.21. The fourth-order valence-electron chi connectivity index (χ4n) is 0.644. The molecular weight excluding hydrogens is 128 g/mol. The molecule has 10 heavy (non-hydrogen) atoms. The average molecular weight is 138 g/mol. The maximum Gasteiger partial charge on any atom is 0.182 e. The van der Waals surface area contributed by atoms with Crippen LogP contribution in [0.1, 0.15) is 16.5 Å². The van der Waals surface area contributed by atoms with Gasteiger partial charge in [0.1, 0.15) is 0 Å². The van der Waals surface area contributed by atoms with Crippen molar-refractivity contribution in [1.29, 1.82) is 0 Å². The van der Waals surface area contributed by atoms with Gasteiger partial charge in [-0.2, -0.15) is 0 Å². The van der Waals surface area contributed by atoms with Gasteiger partial charge in [0.15, 0.2) is 11.6 Å². The Balaban J connectivity index is 2.94. The minimum Gasteiger partial charge on any atom is -0.290 e. The van der Waals surface area contributed by atoms with E-state index in [1.54, 1.807) is 0 Å². The highest BCUT2D eigenvalue weighted by molar-refractivity contribution is 6.19. The Hall–Kier alpha value is -1.18. The van der Waals surface area contributed by atoms with Crippen LogP contribution in [0.4, 0.5) is 0 Å². The van der Waals surface area contributed by atoms with E-state index in [9.17, 15) is 9.59 Å². The summed E-state index contributed by atoms with van der Waals surface area (Å²) in [7, 11) is 0.